The summed E-state index contributed by atoms with van der Waals surface area (Å²) in [6.07, 6.45) is 2.99. The maximum atomic E-state index is 12.0. The molecule has 0 aliphatic heterocycles. The molecule has 0 saturated heterocycles. The molecule has 0 saturated carbocycles. The van der Waals surface area contributed by atoms with Gasteiger partial charge in [0.15, 0.2) is 0 Å². The van der Waals surface area contributed by atoms with Crippen LogP contribution in [0.3, 0.4) is 0 Å². The van der Waals surface area contributed by atoms with Crippen LogP contribution in [0, 0.1) is 0 Å². The van der Waals surface area contributed by atoms with Gasteiger partial charge in [-0.2, -0.15) is 0 Å². The van der Waals surface area contributed by atoms with Crippen molar-refractivity contribution in [3.8, 4) is 5.75 Å². The number of primary sulfonamides is 1. The smallest absolute Gasteiger partial charge is 0.248 e. The zero-order valence-electron chi connectivity index (χ0n) is 12.4. The highest BCUT2D eigenvalue weighted by Crippen LogP contribution is 2.27. The summed E-state index contributed by atoms with van der Waals surface area (Å²) >= 11 is 0. The van der Waals surface area contributed by atoms with Gasteiger partial charge in [0.05, 0.1) is 17.7 Å². The Bertz CT molecular complexity index is 830. The lowest BCUT2D eigenvalue weighted by Crippen LogP contribution is -2.14. The Hall–Kier alpha value is -2.64. The van der Waals surface area contributed by atoms with Gasteiger partial charge in [0.2, 0.25) is 15.9 Å². The summed E-state index contributed by atoms with van der Waals surface area (Å²) in [5, 5.41) is 7.66. The standard InChI is InChI=1S/C16H16N2O4S/c1-22-15-9-8-13(23(17,20)21)11-14(15)18-16(19)10-7-12-5-3-2-4-6-12/h2-11H,1H3,(H,18,19)(H2,17,20,21)/b10-7+. The number of methoxy groups -OCH3 is 1. The molecule has 2 aromatic carbocycles. The number of amides is 1. The zero-order chi connectivity index (χ0) is 16.9. The fourth-order valence-electron chi connectivity index (χ4n) is 1.87. The molecule has 0 aliphatic rings. The molecule has 6 nitrogen and oxygen atoms in total. The van der Waals surface area contributed by atoms with Crippen molar-refractivity contribution in [1.82, 2.24) is 0 Å². The summed E-state index contributed by atoms with van der Waals surface area (Å²) in [4.78, 5) is 11.9. The molecule has 0 unspecified atom stereocenters. The van der Waals surface area contributed by atoms with Crippen molar-refractivity contribution in [2.24, 2.45) is 5.14 Å². The Labute approximate surface area is 134 Å². The number of sulfonamides is 1. The van der Waals surface area contributed by atoms with Crippen molar-refractivity contribution in [2.45, 2.75) is 4.90 Å². The van der Waals surface area contributed by atoms with Crippen LogP contribution in [0.25, 0.3) is 6.08 Å². The number of hydrogen-bond donors (Lipinski definition) is 2. The molecule has 0 fully saturated rings. The van der Waals surface area contributed by atoms with Gasteiger partial charge in [-0.3, -0.25) is 4.79 Å². The lowest BCUT2D eigenvalue weighted by molar-refractivity contribution is -0.111. The third kappa shape index (κ3) is 4.67. The van der Waals surface area contributed by atoms with E-state index in [-0.39, 0.29) is 10.6 Å². The van der Waals surface area contributed by atoms with E-state index in [0.717, 1.165) is 5.56 Å². The normalized spacial score (nSPS) is 11.4. The van der Waals surface area contributed by atoms with Crippen LogP contribution < -0.4 is 15.2 Å². The fraction of sp³-hybridized carbons (Fsp3) is 0.0625. The molecular weight excluding hydrogens is 316 g/mol. The lowest BCUT2D eigenvalue weighted by Gasteiger charge is -2.10. The SMILES string of the molecule is COc1ccc(S(N)(=O)=O)cc1NC(=O)/C=C/c1ccccc1. The van der Waals surface area contributed by atoms with Crippen molar-refractivity contribution in [3.05, 3.63) is 60.2 Å². The fourth-order valence-corrected chi connectivity index (χ4v) is 2.41. The molecule has 120 valence electrons. The van der Waals surface area contributed by atoms with Gasteiger partial charge in [-0.25, -0.2) is 13.6 Å². The molecular formula is C16H16N2O4S. The van der Waals surface area contributed by atoms with Gasteiger partial charge in [-0.1, -0.05) is 30.3 Å². The van der Waals surface area contributed by atoms with Gasteiger partial charge in [0.25, 0.3) is 0 Å². The summed E-state index contributed by atoms with van der Waals surface area (Å²) in [6, 6.07) is 13.3. The molecule has 0 aromatic heterocycles. The van der Waals surface area contributed by atoms with Crippen LogP contribution in [0.4, 0.5) is 5.69 Å². The van der Waals surface area contributed by atoms with Gasteiger partial charge in [0.1, 0.15) is 5.75 Å². The van der Waals surface area contributed by atoms with Crippen molar-refractivity contribution in [3.63, 3.8) is 0 Å². The molecule has 1 amide bonds. The average molecular weight is 332 g/mol. The maximum Gasteiger partial charge on any atom is 0.248 e. The second-order valence-corrected chi connectivity index (χ2v) is 6.20. The van der Waals surface area contributed by atoms with Crippen LogP contribution in [-0.2, 0) is 14.8 Å². The third-order valence-corrected chi connectivity index (χ3v) is 3.90. The Balaban J connectivity index is 2.21. The Morgan fingerprint density at radius 2 is 1.87 bits per heavy atom. The van der Waals surface area contributed by atoms with Crippen LogP contribution in [0.1, 0.15) is 5.56 Å². The minimum Gasteiger partial charge on any atom is -0.495 e. The highest BCUT2D eigenvalue weighted by Gasteiger charge is 2.13. The predicted molar refractivity (Wildman–Crippen MR) is 88.5 cm³/mol. The van der Waals surface area contributed by atoms with Crippen molar-refractivity contribution in [1.29, 1.82) is 0 Å². The molecule has 0 radical (unpaired) electrons. The second-order valence-electron chi connectivity index (χ2n) is 4.64. The lowest BCUT2D eigenvalue weighted by atomic mass is 10.2. The van der Waals surface area contributed by atoms with Crippen molar-refractivity contribution < 1.29 is 17.9 Å². The van der Waals surface area contributed by atoms with E-state index < -0.39 is 15.9 Å². The van der Waals surface area contributed by atoms with Gasteiger partial charge in [-0.05, 0) is 29.8 Å². The zero-order valence-corrected chi connectivity index (χ0v) is 13.2. The largest absolute Gasteiger partial charge is 0.495 e. The molecule has 0 aliphatic carbocycles. The first kappa shape index (κ1) is 16.7. The Kier molecular flexibility index (Phi) is 5.15. The topological polar surface area (TPSA) is 98.5 Å². The van der Waals surface area contributed by atoms with Crippen LogP contribution in [0.15, 0.2) is 59.5 Å². The molecule has 0 bridgehead atoms. The Morgan fingerprint density at radius 3 is 2.48 bits per heavy atom. The molecule has 0 spiro atoms. The number of benzene rings is 2. The molecule has 3 N–H and O–H groups in total. The second kappa shape index (κ2) is 7.08. The summed E-state index contributed by atoms with van der Waals surface area (Å²) in [5.41, 5.74) is 1.09. The first-order valence-electron chi connectivity index (χ1n) is 6.65. The van der Waals surface area contributed by atoms with Crippen molar-refractivity contribution >= 4 is 27.7 Å². The number of rotatable bonds is 5. The Morgan fingerprint density at radius 1 is 1.17 bits per heavy atom. The maximum absolute atomic E-state index is 12.0. The van der Waals surface area contributed by atoms with Gasteiger partial charge < -0.3 is 10.1 Å². The molecule has 7 heteroatoms. The van der Waals surface area contributed by atoms with Gasteiger partial charge in [0, 0.05) is 6.08 Å². The van der Waals surface area contributed by atoms with E-state index >= 15 is 0 Å². The van der Waals surface area contributed by atoms with Crippen LogP contribution in [-0.4, -0.2) is 21.4 Å². The average Bonchev–Trinajstić information content (AvgIpc) is 2.53. The monoisotopic (exact) mass is 332 g/mol. The van der Waals surface area contributed by atoms with Gasteiger partial charge >= 0.3 is 0 Å². The molecule has 0 heterocycles. The van der Waals surface area contributed by atoms with E-state index in [1.807, 2.05) is 30.3 Å². The van der Waals surface area contributed by atoms with Crippen LogP contribution in [0.2, 0.25) is 0 Å². The summed E-state index contributed by atoms with van der Waals surface area (Å²) in [5.74, 6) is -0.0856. The first-order chi connectivity index (χ1) is 10.9. The third-order valence-electron chi connectivity index (χ3n) is 2.98. The quantitative estimate of drug-likeness (QED) is 0.818. The first-order valence-corrected chi connectivity index (χ1v) is 8.20. The van der Waals surface area contributed by atoms with Crippen LogP contribution >= 0.6 is 0 Å². The van der Waals surface area contributed by atoms with E-state index in [1.165, 1.54) is 31.4 Å². The van der Waals surface area contributed by atoms with E-state index in [1.54, 1.807) is 6.08 Å². The van der Waals surface area contributed by atoms with E-state index in [9.17, 15) is 13.2 Å². The highest BCUT2D eigenvalue weighted by atomic mass is 32.2. The summed E-state index contributed by atoms with van der Waals surface area (Å²) in [6.45, 7) is 0. The number of carbonyl (C=O) groups excluding carboxylic acids is 1. The van der Waals surface area contributed by atoms with Gasteiger partial charge in [-0.15, -0.1) is 0 Å². The van der Waals surface area contributed by atoms with E-state index in [4.69, 9.17) is 9.88 Å². The summed E-state index contributed by atoms with van der Waals surface area (Å²) < 4.78 is 27.9. The minimum atomic E-state index is -3.87. The molecule has 2 rings (SSSR count). The molecule has 23 heavy (non-hydrogen) atoms. The number of nitrogens with one attached hydrogen (secondary N) is 1. The molecule has 2 aromatic rings. The highest BCUT2D eigenvalue weighted by molar-refractivity contribution is 7.89. The number of ether oxygens (including phenoxy) is 1. The number of anilines is 1. The van der Waals surface area contributed by atoms with Crippen molar-refractivity contribution in [2.75, 3.05) is 12.4 Å². The minimum absolute atomic E-state index is 0.111. The number of carbonyl (C=O) groups is 1. The predicted octanol–water partition coefficient (Wildman–Crippen LogP) is 1.99. The summed E-state index contributed by atoms with van der Waals surface area (Å²) in [7, 11) is -2.45. The van der Waals surface area contributed by atoms with E-state index in [2.05, 4.69) is 5.32 Å². The van der Waals surface area contributed by atoms with E-state index in [0.29, 0.717) is 5.75 Å². The number of nitrogens with two attached hydrogens (primary N) is 1. The number of hydrogen-bond acceptors (Lipinski definition) is 4. The molecule has 0 atom stereocenters. The van der Waals surface area contributed by atoms with Crippen LogP contribution in [0.5, 0.6) is 5.75 Å².